The molecule has 7 heteroatoms. The van der Waals surface area contributed by atoms with Gasteiger partial charge in [-0.3, -0.25) is 0 Å². The molecule has 7 nitrogen and oxygen atoms in total. The predicted octanol–water partition coefficient (Wildman–Crippen LogP) is 1.98. The first-order chi connectivity index (χ1) is 11.3. The summed E-state index contributed by atoms with van der Waals surface area (Å²) in [7, 11) is 3.36. The highest BCUT2D eigenvalue weighted by Gasteiger charge is 2.00. The molecule has 0 bridgehead atoms. The molecule has 0 unspecified atom stereocenters. The summed E-state index contributed by atoms with van der Waals surface area (Å²) in [5, 5.41) is 14.3. The van der Waals surface area contributed by atoms with Crippen molar-refractivity contribution in [1.29, 1.82) is 0 Å². The van der Waals surface area contributed by atoms with E-state index < -0.39 is 0 Å². The minimum absolute atomic E-state index is 0.523. The third kappa shape index (κ3) is 6.07. The van der Waals surface area contributed by atoms with E-state index in [4.69, 9.17) is 9.47 Å². The van der Waals surface area contributed by atoms with Gasteiger partial charge in [0.1, 0.15) is 5.75 Å². The Morgan fingerprint density at radius 3 is 2.61 bits per heavy atom. The molecule has 0 aliphatic carbocycles. The zero-order chi connectivity index (χ0) is 16.3. The van der Waals surface area contributed by atoms with E-state index in [-0.39, 0.29) is 0 Å². The highest BCUT2D eigenvalue weighted by Crippen LogP contribution is 2.11. The van der Waals surface area contributed by atoms with E-state index in [1.54, 1.807) is 20.4 Å². The molecule has 124 valence electrons. The van der Waals surface area contributed by atoms with Crippen LogP contribution in [-0.2, 0) is 11.2 Å². The van der Waals surface area contributed by atoms with Crippen LogP contribution >= 0.6 is 0 Å². The van der Waals surface area contributed by atoms with Crippen LogP contribution in [0.5, 0.6) is 5.75 Å². The predicted molar refractivity (Wildman–Crippen MR) is 90.0 cm³/mol. The first kappa shape index (κ1) is 17.0. The van der Waals surface area contributed by atoms with Gasteiger partial charge in [-0.1, -0.05) is 12.1 Å². The maximum Gasteiger partial charge on any atom is 0.244 e. The van der Waals surface area contributed by atoms with Crippen LogP contribution in [0.15, 0.2) is 30.5 Å². The number of rotatable bonds is 10. The molecule has 23 heavy (non-hydrogen) atoms. The molecule has 2 N–H and O–H groups in total. The largest absolute Gasteiger partial charge is 0.497 e. The minimum atomic E-state index is 0.523. The van der Waals surface area contributed by atoms with Crippen molar-refractivity contribution in [3.8, 4) is 5.75 Å². The van der Waals surface area contributed by atoms with Crippen LogP contribution in [0.4, 0.5) is 11.8 Å². The summed E-state index contributed by atoms with van der Waals surface area (Å²) in [5.41, 5.74) is 1.22. The highest BCUT2D eigenvalue weighted by molar-refractivity contribution is 5.37. The molecule has 1 heterocycles. The van der Waals surface area contributed by atoms with E-state index in [0.29, 0.717) is 11.8 Å². The van der Waals surface area contributed by atoms with Gasteiger partial charge < -0.3 is 20.1 Å². The average molecular weight is 317 g/mol. The second kappa shape index (κ2) is 9.58. The maximum atomic E-state index is 5.14. The number of nitrogens with one attached hydrogen (secondary N) is 2. The van der Waals surface area contributed by atoms with Crippen LogP contribution in [-0.4, -0.2) is 49.1 Å². The van der Waals surface area contributed by atoms with Crippen molar-refractivity contribution < 1.29 is 9.47 Å². The topological polar surface area (TPSA) is 81.2 Å². The number of aromatic nitrogens is 3. The Kier molecular flexibility index (Phi) is 7.06. The van der Waals surface area contributed by atoms with Crippen LogP contribution in [0.25, 0.3) is 0 Å². The molecule has 0 saturated heterocycles. The van der Waals surface area contributed by atoms with E-state index in [1.165, 1.54) is 5.56 Å². The summed E-state index contributed by atoms with van der Waals surface area (Å²) in [6, 6.07) is 8.01. The lowest BCUT2D eigenvalue weighted by molar-refractivity contribution is 0.197. The molecular weight excluding hydrogens is 294 g/mol. The van der Waals surface area contributed by atoms with Crippen molar-refractivity contribution in [2.45, 2.75) is 12.8 Å². The number of nitrogens with zero attached hydrogens (tertiary/aromatic N) is 3. The van der Waals surface area contributed by atoms with Gasteiger partial charge in [0.05, 0.1) is 13.3 Å². The second-order valence-electron chi connectivity index (χ2n) is 4.96. The van der Waals surface area contributed by atoms with Crippen molar-refractivity contribution >= 4 is 11.8 Å². The van der Waals surface area contributed by atoms with Gasteiger partial charge in [-0.15, -0.1) is 5.10 Å². The Hall–Kier alpha value is -2.41. The third-order valence-electron chi connectivity index (χ3n) is 3.25. The maximum absolute atomic E-state index is 5.14. The summed E-state index contributed by atoms with van der Waals surface area (Å²) >= 11 is 0. The van der Waals surface area contributed by atoms with Crippen LogP contribution in [0.2, 0.25) is 0 Å². The van der Waals surface area contributed by atoms with E-state index in [1.807, 2.05) is 24.3 Å². The fraction of sp³-hybridized carbons (Fsp3) is 0.438. The van der Waals surface area contributed by atoms with E-state index in [9.17, 15) is 0 Å². The average Bonchev–Trinajstić information content (AvgIpc) is 2.60. The Balaban J connectivity index is 1.76. The number of hydrogen-bond donors (Lipinski definition) is 2. The van der Waals surface area contributed by atoms with E-state index in [2.05, 4.69) is 25.8 Å². The molecule has 0 aliphatic rings. The number of benzene rings is 1. The van der Waals surface area contributed by atoms with E-state index >= 15 is 0 Å². The Morgan fingerprint density at radius 2 is 1.87 bits per heavy atom. The molecule has 2 rings (SSSR count). The molecule has 0 amide bonds. The lowest BCUT2D eigenvalue weighted by Crippen LogP contribution is -2.11. The minimum Gasteiger partial charge on any atom is -0.497 e. The normalized spacial score (nSPS) is 10.3. The van der Waals surface area contributed by atoms with Gasteiger partial charge in [-0.2, -0.15) is 10.1 Å². The van der Waals surface area contributed by atoms with Crippen molar-refractivity contribution in [2.24, 2.45) is 0 Å². The zero-order valence-electron chi connectivity index (χ0n) is 13.6. The lowest BCUT2D eigenvalue weighted by Gasteiger charge is -2.08. The fourth-order valence-corrected chi connectivity index (χ4v) is 2.01. The molecule has 0 radical (unpaired) electrons. The summed E-state index contributed by atoms with van der Waals surface area (Å²) in [6.45, 7) is 2.25. The lowest BCUT2D eigenvalue weighted by atomic mass is 10.1. The molecule has 1 aromatic carbocycles. The van der Waals surface area contributed by atoms with Crippen molar-refractivity contribution in [2.75, 3.05) is 44.5 Å². The van der Waals surface area contributed by atoms with Crippen molar-refractivity contribution in [3.05, 3.63) is 36.0 Å². The molecule has 2 aromatic rings. The first-order valence-electron chi connectivity index (χ1n) is 7.61. The molecule has 0 spiro atoms. The molecular formula is C16H23N5O2. The summed E-state index contributed by atoms with van der Waals surface area (Å²) in [5.74, 6) is 2.10. The van der Waals surface area contributed by atoms with Crippen LogP contribution in [0.3, 0.4) is 0 Å². The highest BCUT2D eigenvalue weighted by atomic mass is 16.5. The van der Waals surface area contributed by atoms with Crippen LogP contribution in [0.1, 0.15) is 12.0 Å². The van der Waals surface area contributed by atoms with Crippen molar-refractivity contribution in [1.82, 2.24) is 15.2 Å². The van der Waals surface area contributed by atoms with Gasteiger partial charge in [0, 0.05) is 26.8 Å². The molecule has 0 aliphatic heterocycles. The number of methoxy groups -OCH3 is 2. The SMILES string of the molecule is COCCCNc1cnnc(NCCc2ccc(OC)cc2)n1. The summed E-state index contributed by atoms with van der Waals surface area (Å²) in [4.78, 5) is 4.37. The second-order valence-corrected chi connectivity index (χ2v) is 4.96. The Bertz CT molecular complexity index is 577. The first-order valence-corrected chi connectivity index (χ1v) is 7.61. The quantitative estimate of drug-likeness (QED) is 0.648. The third-order valence-corrected chi connectivity index (χ3v) is 3.25. The number of ether oxygens (including phenoxy) is 2. The Morgan fingerprint density at radius 1 is 1.04 bits per heavy atom. The monoisotopic (exact) mass is 317 g/mol. The van der Waals surface area contributed by atoms with Crippen molar-refractivity contribution in [3.63, 3.8) is 0 Å². The fourth-order valence-electron chi connectivity index (χ4n) is 2.01. The number of anilines is 2. The van der Waals surface area contributed by atoms with Gasteiger partial charge in [0.25, 0.3) is 0 Å². The van der Waals surface area contributed by atoms with Gasteiger partial charge in [-0.05, 0) is 30.5 Å². The standard InChI is InChI=1S/C16H23N5O2/c1-22-11-3-9-17-15-12-19-21-16(20-15)18-10-8-13-4-6-14(23-2)7-5-13/h4-7,12H,3,8-11H2,1-2H3,(H2,17,18,20,21). The van der Waals surface area contributed by atoms with E-state index in [0.717, 1.165) is 38.3 Å². The molecule has 1 aromatic heterocycles. The Labute approximate surface area is 136 Å². The van der Waals surface area contributed by atoms with Gasteiger partial charge >= 0.3 is 0 Å². The smallest absolute Gasteiger partial charge is 0.244 e. The molecule has 0 atom stereocenters. The summed E-state index contributed by atoms with van der Waals surface area (Å²) in [6.07, 6.45) is 3.40. The number of hydrogen-bond acceptors (Lipinski definition) is 7. The summed E-state index contributed by atoms with van der Waals surface area (Å²) < 4.78 is 10.1. The van der Waals surface area contributed by atoms with Crippen LogP contribution in [0, 0.1) is 0 Å². The van der Waals surface area contributed by atoms with Gasteiger partial charge in [0.15, 0.2) is 5.82 Å². The van der Waals surface area contributed by atoms with Crippen LogP contribution < -0.4 is 15.4 Å². The van der Waals surface area contributed by atoms with Gasteiger partial charge in [-0.25, -0.2) is 0 Å². The molecule has 0 fully saturated rings. The molecule has 0 saturated carbocycles. The zero-order valence-corrected chi connectivity index (χ0v) is 13.6. The van der Waals surface area contributed by atoms with Gasteiger partial charge in [0.2, 0.25) is 5.95 Å².